The number of nitrogens with zero attached hydrogens (tertiary/aromatic N) is 1. The fraction of sp³-hybridized carbons (Fsp3) is 0.625. The zero-order chi connectivity index (χ0) is 13.7. The van der Waals surface area contributed by atoms with Crippen LogP contribution in [0.15, 0.2) is 18.2 Å². The normalized spacial score (nSPS) is 14.7. The van der Waals surface area contributed by atoms with Crippen LogP contribution in [0.2, 0.25) is 5.02 Å². The van der Waals surface area contributed by atoms with E-state index >= 15 is 0 Å². The van der Waals surface area contributed by atoms with Crippen molar-refractivity contribution in [3.05, 3.63) is 28.8 Å². The Morgan fingerprint density at radius 1 is 1.32 bits per heavy atom. The number of hydrogen-bond acceptors (Lipinski definition) is 2. The summed E-state index contributed by atoms with van der Waals surface area (Å²) >= 11 is 6.39. The van der Waals surface area contributed by atoms with Crippen LogP contribution in [0.25, 0.3) is 0 Å². The Kier molecular flexibility index (Phi) is 5.53. The van der Waals surface area contributed by atoms with Gasteiger partial charge in [-0.25, -0.2) is 0 Å². The molecular weight excluding hydrogens is 256 g/mol. The van der Waals surface area contributed by atoms with Crippen molar-refractivity contribution < 1.29 is 0 Å². The fourth-order valence-corrected chi connectivity index (χ4v) is 2.65. The molecule has 1 aliphatic rings. The first-order valence-corrected chi connectivity index (χ1v) is 7.87. The summed E-state index contributed by atoms with van der Waals surface area (Å²) in [4.78, 5) is 2.48. The second kappa shape index (κ2) is 7.16. The monoisotopic (exact) mass is 280 g/mol. The summed E-state index contributed by atoms with van der Waals surface area (Å²) in [5.41, 5.74) is 2.56. The van der Waals surface area contributed by atoms with Gasteiger partial charge < -0.3 is 10.2 Å². The van der Waals surface area contributed by atoms with Gasteiger partial charge in [0.2, 0.25) is 0 Å². The molecule has 1 aromatic carbocycles. The summed E-state index contributed by atoms with van der Waals surface area (Å²) in [6.07, 6.45) is 3.93. The molecule has 0 aromatic heterocycles. The fourth-order valence-electron chi connectivity index (χ4n) is 2.42. The quantitative estimate of drug-likeness (QED) is 0.722. The Labute approximate surface area is 122 Å². The van der Waals surface area contributed by atoms with Gasteiger partial charge in [0.15, 0.2) is 0 Å². The molecule has 1 aliphatic carbocycles. The highest BCUT2D eigenvalue weighted by Gasteiger charge is 2.25. The van der Waals surface area contributed by atoms with E-state index in [9.17, 15) is 0 Å². The number of rotatable bonds is 8. The van der Waals surface area contributed by atoms with E-state index in [2.05, 4.69) is 36.2 Å². The molecule has 3 heteroatoms. The van der Waals surface area contributed by atoms with Crippen LogP contribution in [0.4, 0.5) is 5.69 Å². The van der Waals surface area contributed by atoms with Crippen molar-refractivity contribution in [2.24, 2.45) is 5.92 Å². The lowest BCUT2D eigenvalue weighted by Gasteiger charge is -2.26. The van der Waals surface area contributed by atoms with Crippen molar-refractivity contribution in [2.75, 3.05) is 24.5 Å². The summed E-state index contributed by atoms with van der Waals surface area (Å²) in [5, 5.41) is 4.35. The van der Waals surface area contributed by atoms with Crippen molar-refractivity contribution in [3.63, 3.8) is 0 Å². The largest absolute Gasteiger partial charge is 0.371 e. The van der Waals surface area contributed by atoms with Crippen LogP contribution in [-0.2, 0) is 6.54 Å². The maximum atomic E-state index is 6.39. The highest BCUT2D eigenvalue weighted by molar-refractivity contribution is 6.31. The summed E-state index contributed by atoms with van der Waals surface area (Å²) < 4.78 is 0. The van der Waals surface area contributed by atoms with Crippen LogP contribution in [0.3, 0.4) is 0 Å². The molecule has 1 N–H and O–H groups in total. The molecule has 0 spiro atoms. The van der Waals surface area contributed by atoms with Crippen molar-refractivity contribution in [3.8, 4) is 0 Å². The maximum absolute atomic E-state index is 6.39. The minimum atomic E-state index is 0.865. The number of hydrogen-bond donors (Lipinski definition) is 1. The van der Waals surface area contributed by atoms with Gasteiger partial charge >= 0.3 is 0 Å². The van der Waals surface area contributed by atoms with E-state index in [4.69, 9.17) is 11.6 Å². The summed E-state index contributed by atoms with van der Waals surface area (Å²) in [6, 6.07) is 6.27. The average Bonchev–Trinajstić information content (AvgIpc) is 3.22. The van der Waals surface area contributed by atoms with Crippen LogP contribution < -0.4 is 10.2 Å². The molecule has 1 saturated carbocycles. The zero-order valence-corrected chi connectivity index (χ0v) is 12.8. The predicted molar refractivity (Wildman–Crippen MR) is 84.1 cm³/mol. The Morgan fingerprint density at radius 2 is 2.11 bits per heavy atom. The van der Waals surface area contributed by atoms with Crippen molar-refractivity contribution >= 4 is 17.3 Å². The lowest BCUT2D eigenvalue weighted by molar-refractivity contribution is 0.669. The average molecular weight is 281 g/mol. The lowest BCUT2D eigenvalue weighted by Crippen LogP contribution is -2.27. The van der Waals surface area contributed by atoms with E-state index in [1.807, 2.05) is 6.07 Å². The molecule has 1 fully saturated rings. The number of halogens is 1. The van der Waals surface area contributed by atoms with E-state index in [0.29, 0.717) is 0 Å². The molecule has 19 heavy (non-hydrogen) atoms. The molecule has 0 heterocycles. The van der Waals surface area contributed by atoms with Gasteiger partial charge in [-0.3, -0.25) is 0 Å². The molecule has 0 aliphatic heterocycles. The van der Waals surface area contributed by atoms with E-state index in [0.717, 1.165) is 37.0 Å². The second-order valence-electron chi connectivity index (χ2n) is 5.40. The van der Waals surface area contributed by atoms with Gasteiger partial charge in [0, 0.05) is 35.9 Å². The summed E-state index contributed by atoms with van der Waals surface area (Å²) in [6.45, 7) is 8.55. The van der Waals surface area contributed by atoms with Gasteiger partial charge in [0.25, 0.3) is 0 Å². The first-order valence-electron chi connectivity index (χ1n) is 7.49. The molecule has 1 aromatic rings. The van der Waals surface area contributed by atoms with Gasteiger partial charge in [0.1, 0.15) is 0 Å². The Balaban J connectivity index is 2.13. The third kappa shape index (κ3) is 4.12. The zero-order valence-electron chi connectivity index (χ0n) is 12.1. The van der Waals surface area contributed by atoms with Gasteiger partial charge in [-0.05, 0) is 50.8 Å². The van der Waals surface area contributed by atoms with E-state index in [-0.39, 0.29) is 0 Å². The summed E-state index contributed by atoms with van der Waals surface area (Å²) in [7, 11) is 0. The van der Waals surface area contributed by atoms with Crippen LogP contribution >= 0.6 is 11.6 Å². The molecule has 0 atom stereocenters. The van der Waals surface area contributed by atoms with Gasteiger partial charge in [-0.15, -0.1) is 0 Å². The van der Waals surface area contributed by atoms with Gasteiger partial charge in [-0.2, -0.15) is 0 Å². The van der Waals surface area contributed by atoms with Crippen molar-refractivity contribution in [1.82, 2.24) is 5.32 Å². The van der Waals surface area contributed by atoms with Gasteiger partial charge in [-0.1, -0.05) is 24.6 Å². The highest BCUT2D eigenvalue weighted by Crippen LogP contribution is 2.34. The van der Waals surface area contributed by atoms with Crippen molar-refractivity contribution in [2.45, 2.75) is 39.7 Å². The highest BCUT2D eigenvalue weighted by atomic mass is 35.5. The predicted octanol–water partition coefficient (Wildman–Crippen LogP) is 4.08. The minimum Gasteiger partial charge on any atom is -0.371 e. The van der Waals surface area contributed by atoms with E-state index < -0.39 is 0 Å². The Bertz CT molecular complexity index is 402. The number of anilines is 1. The third-order valence-corrected chi connectivity index (χ3v) is 4.07. The lowest BCUT2D eigenvalue weighted by atomic mass is 10.1. The SMILES string of the molecule is CCCNCc1c(Cl)cccc1N(CC)CC1CC1. The first-order chi connectivity index (χ1) is 9.26. The minimum absolute atomic E-state index is 0.865. The van der Waals surface area contributed by atoms with Crippen LogP contribution in [-0.4, -0.2) is 19.6 Å². The van der Waals surface area contributed by atoms with Gasteiger partial charge in [0.05, 0.1) is 0 Å². The molecule has 2 rings (SSSR count). The second-order valence-corrected chi connectivity index (χ2v) is 5.80. The number of benzene rings is 1. The Hall–Kier alpha value is -0.730. The first kappa shape index (κ1) is 14.7. The smallest absolute Gasteiger partial charge is 0.0471 e. The van der Waals surface area contributed by atoms with Crippen LogP contribution in [0.1, 0.15) is 38.7 Å². The maximum Gasteiger partial charge on any atom is 0.0471 e. The molecular formula is C16H25ClN2. The Morgan fingerprint density at radius 3 is 2.74 bits per heavy atom. The van der Waals surface area contributed by atoms with E-state index in [1.165, 1.54) is 30.6 Å². The van der Waals surface area contributed by atoms with Crippen molar-refractivity contribution in [1.29, 1.82) is 0 Å². The molecule has 0 amide bonds. The molecule has 0 saturated heterocycles. The molecule has 2 nitrogen and oxygen atoms in total. The van der Waals surface area contributed by atoms with Crippen LogP contribution in [0, 0.1) is 5.92 Å². The number of nitrogens with one attached hydrogen (secondary N) is 1. The standard InChI is InChI=1S/C16H25ClN2/c1-3-10-18-11-14-15(17)6-5-7-16(14)19(4-2)12-13-8-9-13/h5-7,13,18H,3-4,8-12H2,1-2H3. The molecule has 0 unspecified atom stereocenters. The molecule has 0 radical (unpaired) electrons. The van der Waals surface area contributed by atoms with E-state index in [1.54, 1.807) is 0 Å². The third-order valence-electron chi connectivity index (χ3n) is 3.72. The topological polar surface area (TPSA) is 15.3 Å². The van der Waals surface area contributed by atoms with Crippen LogP contribution in [0.5, 0.6) is 0 Å². The summed E-state index contributed by atoms with van der Waals surface area (Å²) in [5.74, 6) is 0.899. The molecule has 106 valence electrons. The molecule has 0 bridgehead atoms.